The normalized spacial score (nSPS) is 10.9. The zero-order chi connectivity index (χ0) is 58.4. The van der Waals surface area contributed by atoms with Gasteiger partial charge in [0.05, 0.1) is 0 Å². The lowest BCUT2D eigenvalue weighted by Crippen LogP contribution is -1.82. The van der Waals surface area contributed by atoms with E-state index in [1.165, 1.54) is 130 Å². The highest BCUT2D eigenvalue weighted by atomic mass is 14.2. The molecular weight excluding hydrogens is 1040 g/mol. The van der Waals surface area contributed by atoms with Crippen LogP contribution in [-0.4, -0.2) is 0 Å². The van der Waals surface area contributed by atoms with E-state index in [4.69, 9.17) is 0 Å². The SMILES string of the molecule is [c]1c2ccccc2cc2ccccc12.[c]1c2ccccc2cc2ccccc12.[c]1ccc2ccc3cccc4ccc1c2c43.[c]1cccc2c1ccc1ccccc12.[c]1cccc2ccccc12.[c]1ccccc1.c1ccc2c(c1)Cc1ccccc1-2. The summed E-state index contributed by atoms with van der Waals surface area (Å²) in [7, 11) is 0. The fourth-order valence-electron chi connectivity index (χ4n) is 11.5. The Kier molecular flexibility index (Phi) is 16.8. The molecule has 0 N–H and O–H groups in total. The first-order valence-corrected chi connectivity index (χ1v) is 29.5. The van der Waals surface area contributed by atoms with Crippen LogP contribution in [-0.2, 0) is 6.42 Å². The summed E-state index contributed by atoms with van der Waals surface area (Å²) in [6.07, 6.45) is 1.10. The minimum absolute atomic E-state index is 1.10. The van der Waals surface area contributed by atoms with Crippen LogP contribution in [0.2, 0.25) is 0 Å². The minimum atomic E-state index is 1.10. The first-order chi connectivity index (χ1) is 43.2. The zero-order valence-electron chi connectivity index (χ0n) is 48.0. The maximum Gasteiger partial charge on any atom is -0.00135 e. The van der Waals surface area contributed by atoms with Crippen molar-refractivity contribution in [3.8, 4) is 11.1 Å². The van der Waals surface area contributed by atoms with Crippen molar-refractivity contribution in [3.63, 3.8) is 0 Å². The molecule has 0 amide bonds. The molecule has 0 saturated carbocycles. The molecule has 0 nitrogen and oxygen atoms in total. The summed E-state index contributed by atoms with van der Waals surface area (Å²) in [6.45, 7) is 0. The van der Waals surface area contributed by atoms with Crippen LogP contribution in [0.5, 0.6) is 0 Å². The largest absolute Gasteiger partial charge is 0.0622 e. The van der Waals surface area contributed by atoms with E-state index in [1.807, 2.05) is 97.1 Å². The van der Waals surface area contributed by atoms with Crippen LogP contribution in [0.4, 0.5) is 0 Å². The fraction of sp³-hybridized carbons (Fsp3) is 0.0115. The molecule has 0 fully saturated rings. The second-order valence-electron chi connectivity index (χ2n) is 21.3. The van der Waals surface area contributed by atoms with Crippen molar-refractivity contribution < 1.29 is 0 Å². The van der Waals surface area contributed by atoms with Gasteiger partial charge in [-0.15, -0.1) is 0 Å². The van der Waals surface area contributed by atoms with E-state index in [0.29, 0.717) is 0 Å². The molecule has 18 aromatic rings. The molecule has 0 unspecified atom stereocenters. The maximum absolute atomic E-state index is 3.41. The molecule has 1 aliphatic rings. The summed E-state index contributed by atoms with van der Waals surface area (Å²) in [5.41, 5.74) is 5.75. The third-order valence-electron chi connectivity index (χ3n) is 15.8. The van der Waals surface area contributed by atoms with E-state index < -0.39 is 0 Å². The lowest BCUT2D eigenvalue weighted by molar-refractivity contribution is 1.26. The van der Waals surface area contributed by atoms with Gasteiger partial charge in [-0.1, -0.05) is 328 Å². The number of hydrogen-bond donors (Lipinski definition) is 0. The average molecular weight is 1100 g/mol. The molecule has 0 heterocycles. The van der Waals surface area contributed by atoms with Crippen molar-refractivity contribution in [2.24, 2.45) is 0 Å². The summed E-state index contributed by atoms with van der Waals surface area (Å²) in [5.74, 6) is 0. The van der Waals surface area contributed by atoms with Gasteiger partial charge in [-0.3, -0.25) is 0 Å². The van der Waals surface area contributed by atoms with Crippen LogP contribution < -0.4 is 0 Å². The molecule has 0 heteroatoms. The van der Waals surface area contributed by atoms with Gasteiger partial charge in [0.1, 0.15) is 0 Å². The average Bonchev–Trinajstić information content (AvgIpc) is 4.09. The number of hydrogen-bond acceptors (Lipinski definition) is 0. The molecule has 6 radical (unpaired) electrons. The van der Waals surface area contributed by atoms with Gasteiger partial charge in [0.2, 0.25) is 0 Å². The Morgan fingerprint density at radius 2 is 0.609 bits per heavy atom. The first-order valence-electron chi connectivity index (χ1n) is 29.5. The Hall–Kier alpha value is -11.2. The lowest BCUT2D eigenvalue weighted by Gasteiger charge is -2.09. The summed E-state index contributed by atoms with van der Waals surface area (Å²) >= 11 is 0. The van der Waals surface area contributed by atoms with Crippen LogP contribution in [0, 0.1) is 36.4 Å². The number of fused-ring (bicyclic) bond motifs is 11. The standard InChI is InChI=1S/C16H9.3C14H9.C13H10.C10H7.C6H5/c1-3-11-7-9-13-5-2-6-14-10-8-12(4-1)15(11)16(13)14;1-3-7-13-11(5-1)9-10-12-6-2-4-8-14(12)13;2*1-2-6-12-10-14-8-4-3-7-13(14)9-11(12)5-1;1-3-7-12-10(5-1)9-11-6-2-4-8-13(11)12;1-2-6-10-8-4-3-7-9(10)5-1;1-2-4-6-5-3-1/h1-5,7-10H;1-5,7-10H;2*1-9H;1-8H,9H2;1-7H;1-5H. The summed E-state index contributed by atoms with van der Waals surface area (Å²) in [6, 6.07) is 137. The Labute approximate surface area is 509 Å². The molecular formula is C87H58. The van der Waals surface area contributed by atoms with Crippen LogP contribution in [0.1, 0.15) is 11.1 Å². The Morgan fingerprint density at radius 3 is 1.16 bits per heavy atom. The van der Waals surface area contributed by atoms with Gasteiger partial charge >= 0.3 is 0 Å². The fourth-order valence-corrected chi connectivity index (χ4v) is 11.5. The van der Waals surface area contributed by atoms with E-state index in [1.54, 1.807) is 0 Å². The van der Waals surface area contributed by atoms with Crippen molar-refractivity contribution in [1.82, 2.24) is 0 Å². The minimum Gasteiger partial charge on any atom is -0.0622 e. The van der Waals surface area contributed by atoms with Crippen molar-refractivity contribution in [3.05, 3.63) is 387 Å². The van der Waals surface area contributed by atoms with E-state index >= 15 is 0 Å². The van der Waals surface area contributed by atoms with Gasteiger partial charge in [0, 0.05) is 0 Å². The van der Waals surface area contributed by atoms with Gasteiger partial charge in [-0.25, -0.2) is 0 Å². The summed E-state index contributed by atoms with van der Waals surface area (Å²) in [5, 5.41) is 25.1. The number of rotatable bonds is 0. The highest BCUT2D eigenvalue weighted by Gasteiger charge is 2.16. The molecule has 0 aromatic heterocycles. The highest BCUT2D eigenvalue weighted by molar-refractivity contribution is 6.22. The van der Waals surface area contributed by atoms with Crippen molar-refractivity contribution >= 4 is 108 Å². The van der Waals surface area contributed by atoms with Gasteiger partial charge in [0.25, 0.3) is 0 Å². The van der Waals surface area contributed by atoms with Crippen molar-refractivity contribution in [2.45, 2.75) is 6.42 Å². The quantitative estimate of drug-likeness (QED) is 0.105. The van der Waals surface area contributed by atoms with Gasteiger partial charge < -0.3 is 0 Å². The second kappa shape index (κ2) is 26.6. The van der Waals surface area contributed by atoms with Crippen molar-refractivity contribution in [1.29, 1.82) is 0 Å². The molecule has 0 bridgehead atoms. The molecule has 87 heavy (non-hydrogen) atoms. The van der Waals surface area contributed by atoms with Gasteiger partial charge in [-0.2, -0.15) is 0 Å². The molecule has 0 atom stereocenters. The third-order valence-corrected chi connectivity index (χ3v) is 15.8. The van der Waals surface area contributed by atoms with E-state index in [-0.39, 0.29) is 0 Å². The van der Waals surface area contributed by atoms with Crippen LogP contribution in [0.3, 0.4) is 0 Å². The lowest BCUT2D eigenvalue weighted by atomic mass is 9.95. The smallest absolute Gasteiger partial charge is 0.00135 e. The molecule has 19 rings (SSSR count). The van der Waals surface area contributed by atoms with Gasteiger partial charge in [0.15, 0.2) is 0 Å². The van der Waals surface area contributed by atoms with Crippen LogP contribution >= 0.6 is 0 Å². The Morgan fingerprint density at radius 1 is 0.207 bits per heavy atom. The van der Waals surface area contributed by atoms with E-state index in [2.05, 4.69) is 279 Å². The summed E-state index contributed by atoms with van der Waals surface area (Å²) < 4.78 is 0. The van der Waals surface area contributed by atoms with E-state index in [9.17, 15) is 0 Å². The summed E-state index contributed by atoms with van der Waals surface area (Å²) in [4.78, 5) is 0. The first kappa shape index (κ1) is 55.0. The second-order valence-corrected chi connectivity index (χ2v) is 21.3. The molecule has 406 valence electrons. The monoisotopic (exact) mass is 1100 g/mol. The van der Waals surface area contributed by atoms with Crippen LogP contribution in [0.15, 0.2) is 340 Å². The topological polar surface area (TPSA) is 0 Å². The predicted molar refractivity (Wildman–Crippen MR) is 373 cm³/mol. The molecule has 0 aliphatic heterocycles. The van der Waals surface area contributed by atoms with Crippen LogP contribution in [0.25, 0.3) is 119 Å². The molecule has 0 saturated heterocycles. The maximum atomic E-state index is 3.41. The molecule has 1 aliphatic carbocycles. The molecule has 0 spiro atoms. The third kappa shape index (κ3) is 12.8. The van der Waals surface area contributed by atoms with E-state index in [0.717, 1.165) is 6.42 Å². The number of benzene rings is 18. The zero-order valence-corrected chi connectivity index (χ0v) is 48.0. The van der Waals surface area contributed by atoms with Crippen molar-refractivity contribution in [2.75, 3.05) is 0 Å². The highest BCUT2D eigenvalue weighted by Crippen LogP contribution is 2.36. The molecule has 18 aromatic carbocycles. The van der Waals surface area contributed by atoms with Gasteiger partial charge in [-0.05, 0) is 185 Å². The Bertz CT molecular complexity index is 4610. The Balaban J connectivity index is 0.0000000951. The predicted octanol–water partition coefficient (Wildman–Crippen LogP) is 23.1.